The van der Waals surface area contributed by atoms with Gasteiger partial charge in [-0.15, -0.1) is 0 Å². The topological polar surface area (TPSA) is 97.0 Å². The zero-order valence-corrected chi connectivity index (χ0v) is 24.5. The van der Waals surface area contributed by atoms with Gasteiger partial charge in [-0.2, -0.15) is 9.97 Å². The minimum atomic E-state index is -0.811. The van der Waals surface area contributed by atoms with Crippen LogP contribution in [0.5, 0.6) is 11.8 Å². The maximum Gasteiger partial charge on any atom is 0.318 e. The number of halogens is 1. The van der Waals surface area contributed by atoms with Crippen LogP contribution in [0.2, 0.25) is 0 Å². The van der Waals surface area contributed by atoms with Gasteiger partial charge in [-0.1, -0.05) is 30.8 Å². The minimum Gasteiger partial charge on any atom is -0.497 e. The van der Waals surface area contributed by atoms with E-state index < -0.39 is 6.17 Å². The third kappa shape index (κ3) is 7.05. The number of likely N-dealkylation sites (N-methyl/N-ethyl adjacent to an activating group) is 2. The summed E-state index contributed by atoms with van der Waals surface area (Å²) in [5, 5.41) is 2.30. The molecule has 2 aliphatic rings. The van der Waals surface area contributed by atoms with Crippen molar-refractivity contribution in [1.29, 1.82) is 0 Å². The summed E-state index contributed by atoms with van der Waals surface area (Å²) in [5.41, 5.74) is 9.20. The zero-order valence-electron chi connectivity index (χ0n) is 24.5. The largest absolute Gasteiger partial charge is 0.497 e. The summed E-state index contributed by atoms with van der Waals surface area (Å²) in [6, 6.07) is 12.7. The van der Waals surface area contributed by atoms with Crippen molar-refractivity contribution < 1.29 is 18.7 Å². The molecule has 5 rings (SSSR count). The molecule has 3 aromatic rings. The Morgan fingerprint density at radius 2 is 2.00 bits per heavy atom. The van der Waals surface area contributed by atoms with Crippen molar-refractivity contribution in [3.8, 4) is 11.8 Å². The van der Waals surface area contributed by atoms with Crippen molar-refractivity contribution in [1.82, 2.24) is 19.8 Å². The molecule has 2 atom stereocenters. The molecule has 0 radical (unpaired) electrons. The summed E-state index contributed by atoms with van der Waals surface area (Å²) in [6.07, 6.45) is 1.75. The predicted octanol–water partition coefficient (Wildman–Crippen LogP) is 4.25. The number of alkyl halides is 1. The van der Waals surface area contributed by atoms with Crippen LogP contribution in [0.15, 0.2) is 49.1 Å². The lowest BCUT2D eigenvalue weighted by molar-refractivity contribution is -0.125. The van der Waals surface area contributed by atoms with Gasteiger partial charge < -0.3 is 25.0 Å². The van der Waals surface area contributed by atoms with Crippen LogP contribution in [0.4, 0.5) is 15.9 Å². The predicted molar refractivity (Wildman–Crippen MR) is 161 cm³/mol. The highest BCUT2D eigenvalue weighted by Gasteiger charge is 2.30. The van der Waals surface area contributed by atoms with Crippen LogP contribution in [-0.2, 0) is 17.8 Å². The Labute approximate surface area is 241 Å². The van der Waals surface area contributed by atoms with Gasteiger partial charge in [0.25, 0.3) is 0 Å². The SMILES string of the molecule is C=CC(=O)N(CC)CC.COc1cc(N2CCc3c(N)nc(OC[C@@H]4C[C@@H](F)CN4C)nc3C2)c2ccccc2c1. The second-order valence-corrected chi connectivity index (χ2v) is 10.3. The van der Waals surface area contributed by atoms with Gasteiger partial charge in [0.2, 0.25) is 5.91 Å². The van der Waals surface area contributed by atoms with E-state index in [9.17, 15) is 9.18 Å². The van der Waals surface area contributed by atoms with E-state index in [1.165, 1.54) is 11.5 Å². The molecule has 2 N–H and O–H groups in total. The number of amides is 1. The summed E-state index contributed by atoms with van der Waals surface area (Å²) in [6.45, 7) is 11.0. The fraction of sp³-hybridized carbons (Fsp3) is 0.452. The number of benzene rings is 2. The summed E-state index contributed by atoms with van der Waals surface area (Å²) < 4.78 is 25.0. The molecule has 9 nitrogen and oxygen atoms in total. The van der Waals surface area contributed by atoms with E-state index in [2.05, 4.69) is 39.6 Å². The molecule has 0 aliphatic carbocycles. The highest BCUT2D eigenvalue weighted by Crippen LogP contribution is 2.35. The number of ether oxygens (including phenoxy) is 2. The highest BCUT2D eigenvalue weighted by atomic mass is 19.1. The van der Waals surface area contributed by atoms with E-state index in [0.717, 1.165) is 54.1 Å². The van der Waals surface area contributed by atoms with Gasteiger partial charge in [0.1, 0.15) is 24.3 Å². The Hall–Kier alpha value is -3.92. The normalized spacial score (nSPS) is 18.3. The molecule has 0 unspecified atom stereocenters. The number of carbonyl (C=O) groups is 1. The molecule has 0 bridgehead atoms. The first-order valence-electron chi connectivity index (χ1n) is 14.1. The highest BCUT2D eigenvalue weighted by molar-refractivity contribution is 5.95. The number of aromatic nitrogens is 2. The fourth-order valence-electron chi connectivity index (χ4n) is 5.39. The number of likely N-dealkylation sites (tertiary alicyclic amines) is 1. The van der Waals surface area contributed by atoms with Gasteiger partial charge in [-0.3, -0.25) is 9.69 Å². The third-order valence-corrected chi connectivity index (χ3v) is 7.76. The van der Waals surface area contributed by atoms with E-state index in [-0.39, 0.29) is 18.0 Å². The molecular weight excluding hydrogens is 523 g/mol. The molecule has 41 heavy (non-hydrogen) atoms. The van der Waals surface area contributed by atoms with Crippen LogP contribution in [0, 0.1) is 0 Å². The standard InChI is InChI=1S/C24H28FN5O2.C7H13NO/c1-29-12-16(25)10-17(29)14-32-24-27-21-13-30(8-7-20(21)23(26)28-24)22-11-18(31-2)9-15-5-3-4-6-19(15)22;1-4-7(9)8(5-2)6-3/h3-6,9,11,16-17H,7-8,10,12-14H2,1-2H3,(H2,26,27,28);4H,1,5-6H2,2-3H3/t16-,17+;/m1./s1. The lowest BCUT2D eigenvalue weighted by atomic mass is 10.0. The molecule has 220 valence electrons. The average molecular weight is 565 g/mol. The summed E-state index contributed by atoms with van der Waals surface area (Å²) >= 11 is 0. The molecule has 1 aromatic heterocycles. The van der Waals surface area contributed by atoms with Crippen molar-refractivity contribution in [2.24, 2.45) is 0 Å². The van der Waals surface area contributed by atoms with Gasteiger partial charge in [-0.05, 0) is 51.3 Å². The number of methoxy groups -OCH3 is 1. The Kier molecular flexibility index (Phi) is 9.99. The first-order chi connectivity index (χ1) is 19.8. The van der Waals surface area contributed by atoms with Gasteiger partial charge in [-0.25, -0.2) is 4.39 Å². The van der Waals surface area contributed by atoms with Gasteiger partial charge in [0, 0.05) is 54.9 Å². The van der Waals surface area contributed by atoms with E-state index in [1.54, 1.807) is 12.0 Å². The molecule has 1 fully saturated rings. The lowest BCUT2D eigenvalue weighted by Gasteiger charge is -2.31. The molecule has 0 saturated carbocycles. The van der Waals surface area contributed by atoms with Crippen LogP contribution >= 0.6 is 0 Å². The van der Waals surface area contributed by atoms with Crippen LogP contribution in [-0.4, -0.2) is 84.8 Å². The van der Waals surface area contributed by atoms with E-state index in [1.807, 2.05) is 44.0 Å². The quantitative estimate of drug-likeness (QED) is 0.406. The molecule has 1 amide bonds. The van der Waals surface area contributed by atoms with Crippen LogP contribution < -0.4 is 20.1 Å². The lowest BCUT2D eigenvalue weighted by Crippen LogP contribution is -2.33. The Bertz CT molecular complexity index is 1370. The molecular formula is C31H41FN6O3. The molecule has 2 aromatic carbocycles. The molecule has 0 spiro atoms. The maximum atomic E-state index is 13.6. The first-order valence-corrected chi connectivity index (χ1v) is 14.1. The monoisotopic (exact) mass is 564 g/mol. The first kappa shape index (κ1) is 30.0. The maximum absolute atomic E-state index is 13.6. The van der Waals surface area contributed by atoms with Gasteiger partial charge in [0.15, 0.2) is 0 Å². The van der Waals surface area contributed by atoms with Crippen molar-refractivity contribution in [3.05, 3.63) is 60.3 Å². The smallest absolute Gasteiger partial charge is 0.318 e. The van der Waals surface area contributed by atoms with Crippen LogP contribution in [0.25, 0.3) is 10.8 Å². The average Bonchev–Trinajstić information content (AvgIpc) is 3.32. The number of nitrogen functional groups attached to an aromatic ring is 1. The van der Waals surface area contributed by atoms with Crippen molar-refractivity contribution in [2.75, 3.05) is 57.6 Å². The molecule has 3 heterocycles. The van der Waals surface area contributed by atoms with Crippen LogP contribution in [0.3, 0.4) is 0 Å². The third-order valence-electron chi connectivity index (χ3n) is 7.76. The van der Waals surface area contributed by atoms with Crippen LogP contribution in [0.1, 0.15) is 31.5 Å². The number of rotatable bonds is 8. The molecule has 1 saturated heterocycles. The summed E-state index contributed by atoms with van der Waals surface area (Å²) in [5.74, 6) is 1.30. The summed E-state index contributed by atoms with van der Waals surface area (Å²) in [7, 11) is 3.59. The Balaban J connectivity index is 0.000000374. The van der Waals surface area contributed by atoms with Gasteiger partial charge >= 0.3 is 6.01 Å². The second kappa shape index (κ2) is 13.6. The number of nitrogens with zero attached hydrogens (tertiary/aromatic N) is 5. The Morgan fingerprint density at radius 1 is 1.24 bits per heavy atom. The molecule has 2 aliphatic heterocycles. The van der Waals surface area contributed by atoms with E-state index in [4.69, 9.17) is 15.2 Å². The number of fused-ring (bicyclic) bond motifs is 2. The number of hydrogen-bond acceptors (Lipinski definition) is 8. The second-order valence-electron chi connectivity index (χ2n) is 10.3. The Morgan fingerprint density at radius 3 is 2.63 bits per heavy atom. The number of anilines is 2. The van der Waals surface area contributed by atoms with E-state index in [0.29, 0.717) is 31.9 Å². The van der Waals surface area contributed by atoms with Crippen molar-refractivity contribution in [3.63, 3.8) is 0 Å². The summed E-state index contributed by atoms with van der Waals surface area (Å²) in [4.78, 5) is 25.8. The van der Waals surface area contributed by atoms with E-state index >= 15 is 0 Å². The van der Waals surface area contributed by atoms with Crippen molar-refractivity contribution >= 4 is 28.2 Å². The number of hydrogen-bond donors (Lipinski definition) is 1. The number of carbonyl (C=O) groups excluding carboxylic acids is 1. The van der Waals surface area contributed by atoms with Crippen molar-refractivity contribution in [2.45, 2.75) is 45.4 Å². The fourth-order valence-corrected chi connectivity index (χ4v) is 5.39. The van der Waals surface area contributed by atoms with Gasteiger partial charge in [0.05, 0.1) is 19.3 Å². The number of nitrogens with two attached hydrogens (primary N) is 1. The molecule has 10 heteroatoms. The zero-order chi connectivity index (χ0) is 29.5. The minimum absolute atomic E-state index is 0.0139.